The van der Waals surface area contributed by atoms with Crippen molar-refractivity contribution in [2.45, 2.75) is 19.8 Å². The highest BCUT2D eigenvalue weighted by Gasteiger charge is 2.11. The highest BCUT2D eigenvalue weighted by atomic mass is 16.2. The van der Waals surface area contributed by atoms with Crippen molar-refractivity contribution >= 4 is 16.8 Å². The van der Waals surface area contributed by atoms with Crippen LogP contribution < -0.4 is 5.73 Å². The number of carbonyl (C=O) groups is 1. The van der Waals surface area contributed by atoms with Crippen LogP contribution in [0, 0.1) is 0 Å². The number of benzene rings is 1. The van der Waals surface area contributed by atoms with E-state index >= 15 is 0 Å². The molecule has 0 fully saturated rings. The SMILES string of the molecule is CCCN(CCc1c[nH]c2ccccc12)C(=O)CN. The number of nitrogens with two attached hydrogens (primary N) is 1. The Labute approximate surface area is 113 Å². The van der Waals surface area contributed by atoms with Crippen LogP contribution in [0.3, 0.4) is 0 Å². The molecule has 0 aliphatic rings. The van der Waals surface area contributed by atoms with Crippen molar-refractivity contribution in [3.8, 4) is 0 Å². The van der Waals surface area contributed by atoms with Gasteiger partial charge in [-0.2, -0.15) is 0 Å². The second-order valence-corrected chi connectivity index (χ2v) is 4.69. The van der Waals surface area contributed by atoms with E-state index < -0.39 is 0 Å². The molecule has 102 valence electrons. The number of H-pyrrole nitrogens is 1. The number of hydrogen-bond donors (Lipinski definition) is 2. The predicted octanol–water partition coefficient (Wildman–Crippen LogP) is 1.91. The third-order valence-corrected chi connectivity index (χ3v) is 3.35. The topological polar surface area (TPSA) is 62.1 Å². The van der Waals surface area contributed by atoms with E-state index in [0.29, 0.717) is 0 Å². The molecule has 0 aliphatic heterocycles. The first-order valence-corrected chi connectivity index (χ1v) is 6.79. The van der Waals surface area contributed by atoms with Crippen LogP contribution in [0.15, 0.2) is 30.5 Å². The second-order valence-electron chi connectivity index (χ2n) is 4.69. The molecule has 0 atom stereocenters. The number of aromatic nitrogens is 1. The van der Waals surface area contributed by atoms with Crippen molar-refractivity contribution in [2.24, 2.45) is 5.73 Å². The maximum atomic E-state index is 11.7. The molecule has 1 aromatic heterocycles. The van der Waals surface area contributed by atoms with Crippen LogP contribution in [-0.2, 0) is 11.2 Å². The number of amides is 1. The molecule has 2 rings (SSSR count). The largest absolute Gasteiger partial charge is 0.361 e. The van der Waals surface area contributed by atoms with Crippen molar-refractivity contribution < 1.29 is 4.79 Å². The zero-order valence-electron chi connectivity index (χ0n) is 11.4. The Balaban J connectivity index is 2.06. The van der Waals surface area contributed by atoms with Gasteiger partial charge in [0.25, 0.3) is 0 Å². The maximum Gasteiger partial charge on any atom is 0.236 e. The summed E-state index contributed by atoms with van der Waals surface area (Å²) in [6.07, 6.45) is 3.84. The molecule has 0 spiro atoms. The molecule has 0 aliphatic carbocycles. The van der Waals surface area contributed by atoms with Crippen molar-refractivity contribution in [1.29, 1.82) is 0 Å². The fraction of sp³-hybridized carbons (Fsp3) is 0.400. The van der Waals surface area contributed by atoms with Gasteiger partial charge in [0.15, 0.2) is 0 Å². The molecular weight excluding hydrogens is 238 g/mol. The summed E-state index contributed by atoms with van der Waals surface area (Å²) in [5.41, 5.74) is 7.84. The van der Waals surface area contributed by atoms with Crippen LogP contribution >= 0.6 is 0 Å². The van der Waals surface area contributed by atoms with Crippen LogP contribution in [0.25, 0.3) is 10.9 Å². The number of nitrogens with zero attached hydrogens (tertiary/aromatic N) is 1. The van der Waals surface area contributed by atoms with Gasteiger partial charge in [0.1, 0.15) is 0 Å². The first kappa shape index (κ1) is 13.6. The molecule has 3 N–H and O–H groups in total. The highest BCUT2D eigenvalue weighted by Crippen LogP contribution is 2.18. The third-order valence-electron chi connectivity index (χ3n) is 3.35. The monoisotopic (exact) mass is 259 g/mol. The molecule has 0 unspecified atom stereocenters. The Morgan fingerprint density at radius 1 is 1.32 bits per heavy atom. The van der Waals surface area contributed by atoms with Crippen molar-refractivity contribution in [3.05, 3.63) is 36.0 Å². The van der Waals surface area contributed by atoms with Crippen LogP contribution in [-0.4, -0.2) is 35.4 Å². The number of fused-ring (bicyclic) bond motifs is 1. The lowest BCUT2D eigenvalue weighted by atomic mass is 10.1. The molecule has 2 aromatic rings. The summed E-state index contributed by atoms with van der Waals surface area (Å²) < 4.78 is 0. The zero-order chi connectivity index (χ0) is 13.7. The van der Waals surface area contributed by atoms with E-state index in [1.807, 2.05) is 23.2 Å². The summed E-state index contributed by atoms with van der Waals surface area (Å²) >= 11 is 0. The van der Waals surface area contributed by atoms with Crippen molar-refractivity contribution in [3.63, 3.8) is 0 Å². The number of nitrogens with one attached hydrogen (secondary N) is 1. The Hall–Kier alpha value is -1.81. The van der Waals surface area contributed by atoms with Crippen LogP contribution in [0.5, 0.6) is 0 Å². The molecule has 0 bridgehead atoms. The molecule has 1 heterocycles. The Morgan fingerprint density at radius 3 is 2.84 bits per heavy atom. The third kappa shape index (κ3) is 3.15. The Kier molecular flexibility index (Phi) is 4.58. The zero-order valence-corrected chi connectivity index (χ0v) is 11.4. The first-order chi connectivity index (χ1) is 9.26. The van der Waals surface area contributed by atoms with Gasteiger partial charge in [-0.1, -0.05) is 25.1 Å². The minimum atomic E-state index is 0.0293. The predicted molar refractivity (Wildman–Crippen MR) is 77.9 cm³/mol. The minimum Gasteiger partial charge on any atom is -0.361 e. The van der Waals surface area contributed by atoms with E-state index in [1.54, 1.807) is 0 Å². The summed E-state index contributed by atoms with van der Waals surface area (Å²) in [7, 11) is 0. The molecule has 0 radical (unpaired) electrons. The van der Waals surface area contributed by atoms with Gasteiger partial charge < -0.3 is 15.6 Å². The minimum absolute atomic E-state index is 0.0293. The molecule has 0 saturated heterocycles. The van der Waals surface area contributed by atoms with Crippen LogP contribution in [0.4, 0.5) is 0 Å². The van der Waals surface area contributed by atoms with E-state index in [4.69, 9.17) is 5.73 Å². The van der Waals surface area contributed by atoms with E-state index in [2.05, 4.69) is 24.0 Å². The molecule has 1 aromatic carbocycles. The van der Waals surface area contributed by atoms with Crippen molar-refractivity contribution in [2.75, 3.05) is 19.6 Å². The maximum absolute atomic E-state index is 11.7. The summed E-state index contributed by atoms with van der Waals surface area (Å²) in [6, 6.07) is 8.22. The normalized spacial score (nSPS) is 10.8. The van der Waals surface area contributed by atoms with Gasteiger partial charge in [0.05, 0.1) is 6.54 Å². The van der Waals surface area contributed by atoms with Gasteiger partial charge >= 0.3 is 0 Å². The number of hydrogen-bond acceptors (Lipinski definition) is 2. The van der Waals surface area contributed by atoms with E-state index in [1.165, 1.54) is 10.9 Å². The summed E-state index contributed by atoms with van der Waals surface area (Å²) in [4.78, 5) is 16.8. The number of para-hydroxylation sites is 1. The quantitative estimate of drug-likeness (QED) is 0.832. The lowest BCUT2D eigenvalue weighted by molar-refractivity contribution is -0.129. The Morgan fingerprint density at radius 2 is 2.11 bits per heavy atom. The van der Waals surface area contributed by atoms with Gasteiger partial charge in [-0.3, -0.25) is 4.79 Å². The molecule has 1 amide bonds. The Bertz CT molecular complexity index is 547. The molecule has 4 nitrogen and oxygen atoms in total. The standard InChI is InChI=1S/C15H21N3O/c1-2-8-18(15(19)10-16)9-7-12-11-17-14-6-4-3-5-13(12)14/h3-6,11,17H,2,7-10,16H2,1H3. The second kappa shape index (κ2) is 6.38. The van der Waals surface area contributed by atoms with E-state index in [9.17, 15) is 4.79 Å². The van der Waals surface area contributed by atoms with E-state index in [0.717, 1.165) is 31.4 Å². The molecule has 19 heavy (non-hydrogen) atoms. The van der Waals surface area contributed by atoms with E-state index in [-0.39, 0.29) is 12.5 Å². The number of aromatic amines is 1. The number of carbonyl (C=O) groups excluding carboxylic acids is 1. The molecule has 0 saturated carbocycles. The fourth-order valence-electron chi connectivity index (χ4n) is 2.35. The van der Waals surface area contributed by atoms with Gasteiger partial charge in [-0.15, -0.1) is 0 Å². The van der Waals surface area contributed by atoms with Gasteiger partial charge in [0.2, 0.25) is 5.91 Å². The average Bonchev–Trinajstić information content (AvgIpc) is 2.86. The van der Waals surface area contributed by atoms with Gasteiger partial charge in [-0.25, -0.2) is 0 Å². The van der Waals surface area contributed by atoms with Gasteiger partial charge in [-0.05, 0) is 24.5 Å². The lowest BCUT2D eigenvalue weighted by Crippen LogP contribution is -2.37. The van der Waals surface area contributed by atoms with Crippen molar-refractivity contribution in [1.82, 2.24) is 9.88 Å². The summed E-state index contributed by atoms with van der Waals surface area (Å²) in [5.74, 6) is 0.0293. The van der Waals surface area contributed by atoms with Crippen LogP contribution in [0.1, 0.15) is 18.9 Å². The smallest absolute Gasteiger partial charge is 0.236 e. The molecular formula is C15H21N3O. The average molecular weight is 259 g/mol. The first-order valence-electron chi connectivity index (χ1n) is 6.79. The molecule has 4 heteroatoms. The summed E-state index contributed by atoms with van der Waals surface area (Å²) in [5, 5.41) is 1.24. The van der Waals surface area contributed by atoms with Gasteiger partial charge in [0, 0.05) is 30.2 Å². The van der Waals surface area contributed by atoms with Crippen LogP contribution in [0.2, 0.25) is 0 Å². The highest BCUT2D eigenvalue weighted by molar-refractivity contribution is 5.83. The lowest BCUT2D eigenvalue weighted by Gasteiger charge is -2.21. The summed E-state index contributed by atoms with van der Waals surface area (Å²) in [6.45, 7) is 3.67. The fourth-order valence-corrected chi connectivity index (χ4v) is 2.35. The number of rotatable bonds is 6.